The number of nitrogens with one attached hydrogen (secondary N) is 1. The van der Waals surface area contributed by atoms with Crippen molar-refractivity contribution in [1.82, 2.24) is 14.8 Å². The van der Waals surface area contributed by atoms with Gasteiger partial charge >= 0.3 is 5.97 Å². The average Bonchev–Trinajstić information content (AvgIpc) is 3.02. The summed E-state index contributed by atoms with van der Waals surface area (Å²) >= 11 is 1.53. The largest absolute Gasteiger partial charge is 0.469 e. The van der Waals surface area contributed by atoms with E-state index in [4.69, 9.17) is 0 Å². The number of esters is 1. The van der Waals surface area contributed by atoms with Crippen LogP contribution in [0.4, 0.5) is 5.13 Å². The molecular weight excluding hydrogens is 264 g/mol. The minimum absolute atomic E-state index is 0.212. The van der Waals surface area contributed by atoms with Crippen molar-refractivity contribution >= 4 is 22.4 Å². The second-order valence-electron chi connectivity index (χ2n) is 4.05. The summed E-state index contributed by atoms with van der Waals surface area (Å²) in [6.45, 7) is 0.644. The quantitative estimate of drug-likeness (QED) is 0.814. The topological polar surface area (TPSA) is 69.0 Å². The molecule has 0 amide bonds. The third-order valence-electron chi connectivity index (χ3n) is 2.55. The van der Waals surface area contributed by atoms with Crippen LogP contribution in [0.1, 0.15) is 17.8 Å². The summed E-state index contributed by atoms with van der Waals surface area (Å²) in [4.78, 5) is 15.4. The van der Waals surface area contributed by atoms with Crippen LogP contribution in [-0.2, 0) is 29.5 Å². The van der Waals surface area contributed by atoms with Crippen molar-refractivity contribution in [2.24, 2.45) is 7.05 Å². The second-order valence-corrected chi connectivity index (χ2v) is 4.91. The zero-order chi connectivity index (χ0) is 13.7. The lowest BCUT2D eigenvalue weighted by Gasteiger charge is -1.99. The first kappa shape index (κ1) is 13.5. The molecule has 0 saturated carbocycles. The Morgan fingerprint density at radius 3 is 3.05 bits per heavy atom. The molecule has 0 aliphatic carbocycles. The van der Waals surface area contributed by atoms with Crippen LogP contribution in [0.5, 0.6) is 0 Å². The number of aromatic nitrogens is 3. The number of carbonyl (C=O) groups excluding carboxylic acids is 1. The molecule has 0 atom stereocenters. The molecule has 102 valence electrons. The molecule has 2 rings (SSSR count). The van der Waals surface area contributed by atoms with Crippen molar-refractivity contribution in [3.63, 3.8) is 0 Å². The van der Waals surface area contributed by atoms with Gasteiger partial charge in [0.25, 0.3) is 0 Å². The van der Waals surface area contributed by atoms with Crippen LogP contribution in [0.2, 0.25) is 0 Å². The van der Waals surface area contributed by atoms with Crippen molar-refractivity contribution in [3.8, 4) is 0 Å². The molecule has 0 aromatic carbocycles. The van der Waals surface area contributed by atoms with Crippen LogP contribution in [0, 0.1) is 0 Å². The molecule has 0 unspecified atom stereocenters. The van der Waals surface area contributed by atoms with Crippen LogP contribution in [0.15, 0.2) is 17.6 Å². The maximum absolute atomic E-state index is 11.0. The fourth-order valence-electron chi connectivity index (χ4n) is 1.56. The summed E-state index contributed by atoms with van der Waals surface area (Å²) < 4.78 is 6.36. The van der Waals surface area contributed by atoms with Crippen molar-refractivity contribution in [2.45, 2.75) is 19.4 Å². The number of thiazole rings is 1. The lowest BCUT2D eigenvalue weighted by atomic mass is 10.2. The van der Waals surface area contributed by atoms with Gasteiger partial charge in [-0.25, -0.2) is 4.98 Å². The molecule has 2 aromatic rings. The number of ether oxygens (including phenoxy) is 1. The lowest BCUT2D eigenvalue weighted by molar-refractivity contribution is -0.140. The summed E-state index contributed by atoms with van der Waals surface area (Å²) in [6.07, 6.45) is 2.87. The Kier molecular flexibility index (Phi) is 4.51. The number of nitrogens with zero attached hydrogens (tertiary/aromatic N) is 3. The first-order valence-corrected chi connectivity index (χ1v) is 6.79. The molecule has 0 saturated heterocycles. The first-order chi connectivity index (χ1) is 9.17. The van der Waals surface area contributed by atoms with E-state index < -0.39 is 0 Å². The number of methoxy groups -OCH3 is 1. The van der Waals surface area contributed by atoms with E-state index in [1.54, 1.807) is 4.68 Å². The maximum Gasteiger partial charge on any atom is 0.305 e. The molecular formula is C12H16N4O2S. The van der Waals surface area contributed by atoms with E-state index in [1.165, 1.54) is 18.4 Å². The number of hydrogen-bond donors (Lipinski definition) is 1. The summed E-state index contributed by atoms with van der Waals surface area (Å²) in [5.74, 6) is -0.212. The zero-order valence-corrected chi connectivity index (χ0v) is 11.7. The van der Waals surface area contributed by atoms with E-state index >= 15 is 0 Å². The van der Waals surface area contributed by atoms with Gasteiger partial charge in [0.05, 0.1) is 31.5 Å². The smallest absolute Gasteiger partial charge is 0.305 e. The number of rotatable bonds is 6. The highest BCUT2D eigenvalue weighted by Gasteiger charge is 2.06. The van der Waals surface area contributed by atoms with Gasteiger partial charge in [-0.1, -0.05) is 0 Å². The monoisotopic (exact) mass is 280 g/mol. The van der Waals surface area contributed by atoms with Crippen molar-refractivity contribution < 1.29 is 9.53 Å². The fourth-order valence-corrected chi connectivity index (χ4v) is 2.30. The Bertz CT molecular complexity index is 549. The summed E-state index contributed by atoms with van der Waals surface area (Å²) in [7, 11) is 3.28. The molecule has 6 nitrogen and oxygen atoms in total. The molecule has 0 aliphatic rings. The Balaban J connectivity index is 1.82. The van der Waals surface area contributed by atoms with E-state index in [0.717, 1.165) is 16.5 Å². The van der Waals surface area contributed by atoms with E-state index in [1.807, 2.05) is 24.7 Å². The summed E-state index contributed by atoms with van der Waals surface area (Å²) in [6, 6.07) is 1.96. The molecule has 0 spiro atoms. The third-order valence-corrected chi connectivity index (χ3v) is 3.40. The minimum Gasteiger partial charge on any atom is -0.469 e. The van der Waals surface area contributed by atoms with Gasteiger partial charge in [0.2, 0.25) is 0 Å². The Morgan fingerprint density at radius 1 is 1.53 bits per heavy atom. The lowest BCUT2D eigenvalue weighted by Crippen LogP contribution is -2.03. The predicted molar refractivity (Wildman–Crippen MR) is 73.0 cm³/mol. The molecule has 0 bridgehead atoms. The van der Waals surface area contributed by atoms with Gasteiger partial charge in [-0.2, -0.15) is 5.10 Å². The Morgan fingerprint density at radius 2 is 2.37 bits per heavy atom. The predicted octanol–water partition coefficient (Wildman–Crippen LogP) is 1.59. The Labute approximate surface area is 115 Å². The summed E-state index contributed by atoms with van der Waals surface area (Å²) in [5, 5.41) is 10.3. The molecule has 1 N–H and O–H groups in total. The van der Waals surface area contributed by atoms with Gasteiger partial charge in [0.15, 0.2) is 5.13 Å². The first-order valence-electron chi connectivity index (χ1n) is 5.91. The highest BCUT2D eigenvalue weighted by atomic mass is 32.1. The fraction of sp³-hybridized carbons (Fsp3) is 0.417. The SMILES string of the molecule is COC(=O)CCc1csc(NCc2ccn(C)n2)n1. The van der Waals surface area contributed by atoms with Gasteiger partial charge in [-0.15, -0.1) is 11.3 Å². The van der Waals surface area contributed by atoms with Crippen LogP contribution >= 0.6 is 11.3 Å². The zero-order valence-electron chi connectivity index (χ0n) is 10.9. The standard InChI is InChI=1S/C12H16N4O2S/c1-16-6-5-9(15-16)7-13-12-14-10(8-19-12)3-4-11(17)18-2/h5-6,8H,3-4,7H2,1-2H3,(H,13,14). The number of aryl methyl sites for hydroxylation is 2. The van der Waals surface area contributed by atoms with Crippen molar-refractivity contribution in [2.75, 3.05) is 12.4 Å². The summed E-state index contributed by atoms with van der Waals surface area (Å²) in [5.41, 5.74) is 1.87. The molecule has 0 aliphatic heterocycles. The van der Waals surface area contributed by atoms with Crippen LogP contribution in [0.25, 0.3) is 0 Å². The van der Waals surface area contributed by atoms with Crippen LogP contribution in [-0.4, -0.2) is 27.8 Å². The highest BCUT2D eigenvalue weighted by Crippen LogP contribution is 2.17. The van der Waals surface area contributed by atoms with E-state index in [9.17, 15) is 4.79 Å². The normalized spacial score (nSPS) is 10.4. The number of hydrogen-bond acceptors (Lipinski definition) is 6. The average molecular weight is 280 g/mol. The molecule has 0 fully saturated rings. The molecule has 2 aromatic heterocycles. The van der Waals surface area contributed by atoms with Crippen LogP contribution in [0.3, 0.4) is 0 Å². The van der Waals surface area contributed by atoms with Gasteiger partial charge in [0, 0.05) is 25.0 Å². The van der Waals surface area contributed by atoms with Crippen LogP contribution < -0.4 is 5.32 Å². The van der Waals surface area contributed by atoms with Gasteiger partial charge in [-0.05, 0) is 6.07 Å². The third kappa shape index (κ3) is 4.06. The molecule has 2 heterocycles. The highest BCUT2D eigenvalue weighted by molar-refractivity contribution is 7.13. The van der Waals surface area contributed by atoms with Gasteiger partial charge < -0.3 is 10.1 Å². The number of anilines is 1. The molecule has 0 radical (unpaired) electrons. The van der Waals surface area contributed by atoms with Gasteiger partial charge in [0.1, 0.15) is 0 Å². The maximum atomic E-state index is 11.0. The molecule has 7 heteroatoms. The van der Waals surface area contributed by atoms with Crippen molar-refractivity contribution in [3.05, 3.63) is 29.0 Å². The van der Waals surface area contributed by atoms with Gasteiger partial charge in [-0.3, -0.25) is 9.48 Å². The van der Waals surface area contributed by atoms with E-state index in [-0.39, 0.29) is 5.97 Å². The number of carbonyl (C=O) groups is 1. The molecule has 19 heavy (non-hydrogen) atoms. The van der Waals surface area contributed by atoms with Crippen molar-refractivity contribution in [1.29, 1.82) is 0 Å². The van der Waals surface area contributed by atoms with E-state index in [0.29, 0.717) is 19.4 Å². The minimum atomic E-state index is -0.212. The Hall–Kier alpha value is -1.89. The van der Waals surface area contributed by atoms with E-state index in [2.05, 4.69) is 20.1 Å². The second kappa shape index (κ2) is 6.33.